The summed E-state index contributed by atoms with van der Waals surface area (Å²) in [4.78, 5) is 0. The number of hydrogen-bond donors (Lipinski definition) is 1. The van der Waals surface area contributed by atoms with Crippen LogP contribution in [-0.4, -0.2) is 33.9 Å². The molecule has 0 bridgehead atoms. The highest BCUT2D eigenvalue weighted by Crippen LogP contribution is 2.21. The van der Waals surface area contributed by atoms with Gasteiger partial charge in [-0.3, -0.25) is 0 Å². The topological polar surface area (TPSA) is 55.4 Å². The summed E-state index contributed by atoms with van der Waals surface area (Å²) in [5.74, 6) is 0. The van der Waals surface area contributed by atoms with E-state index in [9.17, 15) is 8.42 Å². The summed E-state index contributed by atoms with van der Waals surface area (Å²) >= 11 is 0. The normalized spacial score (nSPS) is 30.8. The number of ether oxygens (including phenoxy) is 1. The van der Waals surface area contributed by atoms with Gasteiger partial charge < -0.3 is 4.74 Å². The summed E-state index contributed by atoms with van der Waals surface area (Å²) < 4.78 is 29.4. The smallest absolute Gasteiger partial charge is 0.208 e. The fraction of sp³-hybridized carbons (Fsp3) is 1.00. The van der Waals surface area contributed by atoms with Gasteiger partial charge in [0.25, 0.3) is 0 Å². The lowest BCUT2D eigenvalue weighted by Gasteiger charge is -2.10. The van der Waals surface area contributed by atoms with E-state index < -0.39 is 10.0 Å². The van der Waals surface area contributed by atoms with E-state index in [2.05, 4.69) is 4.72 Å². The second-order valence-corrected chi connectivity index (χ2v) is 5.04. The highest BCUT2D eigenvalue weighted by Gasteiger charge is 2.26. The first-order chi connectivity index (χ1) is 5.51. The Hall–Kier alpha value is -0.130. The summed E-state index contributed by atoms with van der Waals surface area (Å²) in [6.07, 6.45) is 4.04. The van der Waals surface area contributed by atoms with Gasteiger partial charge in [0.1, 0.15) is 0 Å². The predicted molar refractivity (Wildman–Crippen MR) is 46.4 cm³/mol. The lowest BCUT2D eigenvalue weighted by Crippen LogP contribution is -2.32. The van der Waals surface area contributed by atoms with Gasteiger partial charge in [0.05, 0.1) is 12.4 Å². The molecule has 0 saturated heterocycles. The Balaban J connectivity index is 2.38. The summed E-state index contributed by atoms with van der Waals surface area (Å²) in [6.45, 7) is 0. The van der Waals surface area contributed by atoms with Gasteiger partial charge in [0, 0.05) is 13.2 Å². The monoisotopic (exact) mass is 193 g/mol. The number of rotatable bonds is 3. The van der Waals surface area contributed by atoms with Crippen LogP contribution in [0, 0.1) is 0 Å². The first kappa shape index (κ1) is 9.95. The molecular formula is C7H15NO3S. The average Bonchev–Trinajstić information content (AvgIpc) is 2.32. The van der Waals surface area contributed by atoms with Crippen molar-refractivity contribution in [2.45, 2.75) is 31.4 Å². The molecule has 1 saturated carbocycles. The largest absolute Gasteiger partial charge is 0.381 e. The molecule has 0 aliphatic heterocycles. The zero-order valence-electron chi connectivity index (χ0n) is 7.41. The Morgan fingerprint density at radius 3 is 2.50 bits per heavy atom. The van der Waals surface area contributed by atoms with Crippen LogP contribution in [-0.2, 0) is 14.8 Å². The van der Waals surface area contributed by atoms with Crippen molar-refractivity contribution in [3.8, 4) is 0 Å². The third-order valence-corrected chi connectivity index (χ3v) is 2.86. The molecule has 0 amide bonds. The second-order valence-electron chi connectivity index (χ2n) is 3.26. The number of hydrogen-bond acceptors (Lipinski definition) is 3. The highest BCUT2D eigenvalue weighted by atomic mass is 32.2. The van der Waals surface area contributed by atoms with Crippen molar-refractivity contribution < 1.29 is 13.2 Å². The lowest BCUT2D eigenvalue weighted by atomic mass is 10.3. The molecule has 1 aliphatic carbocycles. The Kier molecular flexibility index (Phi) is 3.09. The van der Waals surface area contributed by atoms with Gasteiger partial charge in [-0.2, -0.15) is 0 Å². The first-order valence-corrected chi connectivity index (χ1v) is 5.90. The van der Waals surface area contributed by atoms with Gasteiger partial charge in [0.15, 0.2) is 0 Å². The lowest BCUT2D eigenvalue weighted by molar-refractivity contribution is 0.107. The molecule has 72 valence electrons. The van der Waals surface area contributed by atoms with Crippen LogP contribution in [0.5, 0.6) is 0 Å². The third-order valence-electron chi connectivity index (χ3n) is 2.10. The van der Waals surface area contributed by atoms with Crippen LogP contribution in [0.25, 0.3) is 0 Å². The molecule has 12 heavy (non-hydrogen) atoms. The van der Waals surface area contributed by atoms with Gasteiger partial charge in [-0.15, -0.1) is 0 Å². The number of methoxy groups -OCH3 is 1. The first-order valence-electron chi connectivity index (χ1n) is 4.01. The zero-order valence-corrected chi connectivity index (χ0v) is 8.23. The summed E-state index contributed by atoms with van der Waals surface area (Å²) in [6, 6.07) is 0.0740. The van der Waals surface area contributed by atoms with Gasteiger partial charge >= 0.3 is 0 Å². The van der Waals surface area contributed by atoms with Gasteiger partial charge in [-0.05, 0) is 19.3 Å². The molecule has 0 heterocycles. The van der Waals surface area contributed by atoms with Crippen LogP contribution in [0.2, 0.25) is 0 Å². The van der Waals surface area contributed by atoms with Crippen LogP contribution in [0.4, 0.5) is 0 Å². The van der Waals surface area contributed by atoms with Crippen molar-refractivity contribution in [2.75, 3.05) is 13.4 Å². The molecule has 0 radical (unpaired) electrons. The molecule has 1 N–H and O–H groups in total. The van der Waals surface area contributed by atoms with Crippen molar-refractivity contribution in [1.82, 2.24) is 4.72 Å². The molecule has 0 aromatic heterocycles. The van der Waals surface area contributed by atoms with Crippen molar-refractivity contribution >= 4 is 10.0 Å². The second kappa shape index (κ2) is 3.72. The van der Waals surface area contributed by atoms with Gasteiger partial charge in [0.2, 0.25) is 10.0 Å². The van der Waals surface area contributed by atoms with E-state index in [4.69, 9.17) is 4.74 Å². The Labute approximate surface area is 73.3 Å². The zero-order chi connectivity index (χ0) is 9.19. The fourth-order valence-electron chi connectivity index (χ4n) is 1.56. The predicted octanol–water partition coefficient (Wildman–Crippen LogP) is 0.103. The molecule has 1 fully saturated rings. The minimum Gasteiger partial charge on any atom is -0.381 e. The van der Waals surface area contributed by atoms with Crippen molar-refractivity contribution in [3.63, 3.8) is 0 Å². The highest BCUT2D eigenvalue weighted by molar-refractivity contribution is 7.88. The van der Waals surface area contributed by atoms with Gasteiger partial charge in [-0.25, -0.2) is 13.1 Å². The molecule has 0 spiro atoms. The summed E-state index contributed by atoms with van der Waals surface area (Å²) in [5, 5.41) is 0. The number of sulfonamides is 1. The van der Waals surface area contributed by atoms with E-state index in [-0.39, 0.29) is 12.1 Å². The molecule has 5 heteroatoms. The van der Waals surface area contributed by atoms with Crippen LogP contribution in [0.15, 0.2) is 0 Å². The SMILES string of the molecule is CO[C@@H]1CC[C@@H](NS(C)(=O)=O)C1. The number of nitrogens with one attached hydrogen (secondary N) is 1. The molecule has 1 rings (SSSR count). The Morgan fingerprint density at radius 2 is 2.08 bits per heavy atom. The average molecular weight is 193 g/mol. The minimum atomic E-state index is -3.04. The minimum absolute atomic E-state index is 0.0740. The van der Waals surface area contributed by atoms with E-state index in [1.165, 1.54) is 6.26 Å². The fourth-order valence-corrected chi connectivity index (χ4v) is 2.38. The third kappa shape index (κ3) is 3.08. The van der Waals surface area contributed by atoms with Crippen molar-refractivity contribution in [2.24, 2.45) is 0 Å². The van der Waals surface area contributed by atoms with Crippen molar-refractivity contribution in [3.05, 3.63) is 0 Å². The molecule has 2 atom stereocenters. The Bertz CT molecular complexity index is 237. The standard InChI is InChI=1S/C7H15NO3S/c1-11-7-4-3-6(5-7)8-12(2,9)10/h6-8H,3-5H2,1-2H3/t6-,7-/m1/s1. The van der Waals surface area contributed by atoms with E-state index >= 15 is 0 Å². The van der Waals surface area contributed by atoms with Crippen LogP contribution < -0.4 is 4.72 Å². The Morgan fingerprint density at radius 1 is 1.42 bits per heavy atom. The van der Waals surface area contributed by atoms with E-state index in [1.54, 1.807) is 7.11 Å². The summed E-state index contributed by atoms with van der Waals surface area (Å²) in [5.41, 5.74) is 0. The molecule has 0 aromatic rings. The molecule has 1 aliphatic rings. The van der Waals surface area contributed by atoms with Gasteiger partial charge in [-0.1, -0.05) is 0 Å². The van der Waals surface area contributed by atoms with Crippen LogP contribution in [0.3, 0.4) is 0 Å². The summed E-state index contributed by atoms with van der Waals surface area (Å²) in [7, 11) is -1.38. The van der Waals surface area contributed by atoms with Crippen LogP contribution >= 0.6 is 0 Å². The maximum Gasteiger partial charge on any atom is 0.208 e. The van der Waals surface area contributed by atoms with Crippen LogP contribution in [0.1, 0.15) is 19.3 Å². The molecule has 4 nitrogen and oxygen atoms in total. The molecular weight excluding hydrogens is 178 g/mol. The maximum atomic E-state index is 10.8. The molecule has 0 unspecified atom stereocenters. The van der Waals surface area contributed by atoms with E-state index in [0.717, 1.165) is 19.3 Å². The van der Waals surface area contributed by atoms with Crippen molar-refractivity contribution in [1.29, 1.82) is 0 Å². The maximum absolute atomic E-state index is 10.8. The molecule has 0 aromatic carbocycles. The van der Waals surface area contributed by atoms with E-state index in [0.29, 0.717) is 0 Å². The van der Waals surface area contributed by atoms with E-state index in [1.807, 2.05) is 0 Å². The quantitative estimate of drug-likeness (QED) is 0.691.